The van der Waals surface area contributed by atoms with E-state index >= 15 is 0 Å². The Labute approximate surface area is 171 Å². The van der Waals surface area contributed by atoms with Crippen molar-refractivity contribution in [1.29, 1.82) is 0 Å². The zero-order valence-corrected chi connectivity index (χ0v) is 16.8. The van der Waals surface area contributed by atoms with Gasteiger partial charge in [-0.3, -0.25) is 4.79 Å². The number of likely N-dealkylation sites (N-methyl/N-ethyl adjacent to an activating group) is 1. The molecule has 148 valence electrons. The van der Waals surface area contributed by atoms with E-state index in [0.29, 0.717) is 17.2 Å². The third-order valence-corrected chi connectivity index (χ3v) is 5.56. The molecule has 4 rings (SSSR count). The number of fused-ring (bicyclic) bond motifs is 1. The number of carbonyl (C=O) groups excluding carboxylic acids is 2. The molecule has 7 nitrogen and oxygen atoms in total. The smallest absolute Gasteiger partial charge is 0.348 e. The second kappa shape index (κ2) is 7.92. The van der Waals surface area contributed by atoms with E-state index in [1.807, 2.05) is 41.9 Å². The molecule has 0 bridgehead atoms. The molecule has 0 N–H and O–H groups in total. The fourth-order valence-corrected chi connectivity index (χ4v) is 4.00. The number of amides is 1. The van der Waals surface area contributed by atoms with Crippen molar-refractivity contribution in [3.05, 3.63) is 71.1 Å². The van der Waals surface area contributed by atoms with Gasteiger partial charge in [-0.05, 0) is 37.3 Å². The van der Waals surface area contributed by atoms with E-state index < -0.39 is 5.97 Å². The van der Waals surface area contributed by atoms with Gasteiger partial charge in [0.25, 0.3) is 5.91 Å². The Kier molecular flexibility index (Phi) is 5.18. The first-order valence-corrected chi connectivity index (χ1v) is 9.82. The second-order valence-corrected chi connectivity index (χ2v) is 7.60. The van der Waals surface area contributed by atoms with E-state index in [1.165, 1.54) is 16.2 Å². The first-order chi connectivity index (χ1) is 14.0. The van der Waals surface area contributed by atoms with E-state index in [9.17, 15) is 9.59 Å². The van der Waals surface area contributed by atoms with Gasteiger partial charge in [0.2, 0.25) is 0 Å². The van der Waals surface area contributed by atoms with Gasteiger partial charge in [-0.1, -0.05) is 18.2 Å². The lowest BCUT2D eigenvalue weighted by molar-refractivity contribution is -0.133. The zero-order valence-electron chi connectivity index (χ0n) is 16.0. The average Bonchev–Trinajstić information content (AvgIpc) is 3.45. The predicted octanol–water partition coefficient (Wildman–Crippen LogP) is 3.80. The SMILES string of the molecule is Cc1nn(-c2ccccc2)c2sc(C(=O)OCC(=O)N(C)Cc3ccco3)cc12. The highest BCUT2D eigenvalue weighted by Gasteiger charge is 2.20. The number of nitrogens with zero attached hydrogens (tertiary/aromatic N) is 3. The topological polar surface area (TPSA) is 77.6 Å². The molecule has 0 unspecified atom stereocenters. The number of carbonyl (C=O) groups is 2. The van der Waals surface area contributed by atoms with Gasteiger partial charge in [0.1, 0.15) is 15.5 Å². The van der Waals surface area contributed by atoms with Crippen LogP contribution in [0, 0.1) is 6.92 Å². The van der Waals surface area contributed by atoms with Crippen molar-refractivity contribution in [2.75, 3.05) is 13.7 Å². The van der Waals surface area contributed by atoms with Crippen LogP contribution < -0.4 is 0 Å². The van der Waals surface area contributed by atoms with Crippen LogP contribution in [-0.4, -0.2) is 40.2 Å². The van der Waals surface area contributed by atoms with E-state index in [0.717, 1.165) is 21.6 Å². The summed E-state index contributed by atoms with van der Waals surface area (Å²) in [4.78, 5) is 27.5. The summed E-state index contributed by atoms with van der Waals surface area (Å²) < 4.78 is 12.3. The number of para-hydroxylation sites is 1. The minimum Gasteiger partial charge on any atom is -0.467 e. The number of hydrogen-bond donors (Lipinski definition) is 0. The third kappa shape index (κ3) is 3.93. The molecule has 0 fully saturated rings. The molecule has 8 heteroatoms. The van der Waals surface area contributed by atoms with Crippen molar-refractivity contribution in [3.63, 3.8) is 0 Å². The molecule has 3 heterocycles. The standard InChI is InChI=1S/C21H19N3O4S/c1-14-17-11-18(29-20(17)24(22-14)15-7-4-3-5-8-15)21(26)28-13-19(25)23(2)12-16-9-6-10-27-16/h3-11H,12-13H2,1-2H3. The summed E-state index contributed by atoms with van der Waals surface area (Å²) >= 11 is 1.30. The number of thiophene rings is 1. The number of esters is 1. The van der Waals surface area contributed by atoms with Gasteiger partial charge in [0, 0.05) is 12.4 Å². The van der Waals surface area contributed by atoms with Gasteiger partial charge in [-0.2, -0.15) is 5.10 Å². The Morgan fingerprint density at radius 1 is 1.21 bits per heavy atom. The molecule has 29 heavy (non-hydrogen) atoms. The molecular formula is C21H19N3O4S. The molecule has 0 atom stereocenters. The Balaban J connectivity index is 1.46. The van der Waals surface area contributed by atoms with Crippen LogP contribution in [0.2, 0.25) is 0 Å². The first-order valence-electron chi connectivity index (χ1n) is 9.01. The van der Waals surface area contributed by atoms with Crippen LogP contribution in [0.25, 0.3) is 15.9 Å². The number of hydrogen-bond acceptors (Lipinski definition) is 6. The fourth-order valence-electron chi connectivity index (χ4n) is 2.93. The van der Waals surface area contributed by atoms with Gasteiger partial charge in [-0.25, -0.2) is 9.48 Å². The number of aromatic nitrogens is 2. The first kappa shape index (κ1) is 18.9. The zero-order chi connectivity index (χ0) is 20.4. The molecule has 0 aliphatic heterocycles. The average molecular weight is 409 g/mol. The second-order valence-electron chi connectivity index (χ2n) is 6.57. The van der Waals surface area contributed by atoms with E-state index in [4.69, 9.17) is 9.15 Å². The Morgan fingerprint density at radius 3 is 2.72 bits per heavy atom. The number of benzene rings is 1. The van der Waals surface area contributed by atoms with Crippen LogP contribution in [0.1, 0.15) is 21.1 Å². The molecule has 0 saturated heterocycles. The van der Waals surface area contributed by atoms with Crippen molar-refractivity contribution >= 4 is 33.4 Å². The lowest BCUT2D eigenvalue weighted by Crippen LogP contribution is -2.30. The van der Waals surface area contributed by atoms with Crippen LogP contribution in [-0.2, 0) is 16.1 Å². The van der Waals surface area contributed by atoms with Crippen LogP contribution in [0.3, 0.4) is 0 Å². The lowest BCUT2D eigenvalue weighted by atomic mass is 10.3. The molecule has 0 aliphatic carbocycles. The van der Waals surface area contributed by atoms with Crippen molar-refractivity contribution in [2.45, 2.75) is 13.5 Å². The Bertz CT molecular complexity index is 1150. The molecule has 1 aromatic carbocycles. The van der Waals surface area contributed by atoms with Gasteiger partial charge < -0.3 is 14.1 Å². The van der Waals surface area contributed by atoms with Crippen LogP contribution in [0.5, 0.6) is 0 Å². The Morgan fingerprint density at radius 2 is 2.00 bits per heavy atom. The van der Waals surface area contributed by atoms with Crippen molar-refractivity contribution in [2.24, 2.45) is 0 Å². The third-order valence-electron chi connectivity index (χ3n) is 4.47. The fraction of sp³-hybridized carbons (Fsp3) is 0.190. The maximum absolute atomic E-state index is 12.5. The van der Waals surface area contributed by atoms with Crippen molar-refractivity contribution < 1.29 is 18.7 Å². The van der Waals surface area contributed by atoms with Gasteiger partial charge in [0.05, 0.1) is 24.2 Å². The highest BCUT2D eigenvalue weighted by atomic mass is 32.1. The molecule has 1 amide bonds. The maximum Gasteiger partial charge on any atom is 0.348 e. The minimum atomic E-state index is -0.523. The van der Waals surface area contributed by atoms with Crippen LogP contribution in [0.15, 0.2) is 59.2 Å². The largest absolute Gasteiger partial charge is 0.467 e. The highest BCUT2D eigenvalue weighted by molar-refractivity contribution is 7.20. The molecule has 0 saturated carbocycles. The predicted molar refractivity (Wildman–Crippen MR) is 109 cm³/mol. The Hall–Kier alpha value is -3.39. The summed E-state index contributed by atoms with van der Waals surface area (Å²) in [5, 5.41) is 5.45. The number of ether oxygens (including phenoxy) is 1. The molecule has 0 spiro atoms. The monoisotopic (exact) mass is 409 g/mol. The molecular weight excluding hydrogens is 390 g/mol. The van der Waals surface area contributed by atoms with Crippen LogP contribution >= 0.6 is 11.3 Å². The summed E-state index contributed by atoms with van der Waals surface area (Å²) in [6, 6.07) is 15.0. The normalized spacial score (nSPS) is 11.0. The van der Waals surface area contributed by atoms with Gasteiger partial charge >= 0.3 is 5.97 Å². The summed E-state index contributed by atoms with van der Waals surface area (Å²) in [6.45, 7) is 1.89. The molecule has 3 aromatic heterocycles. The van der Waals surface area contributed by atoms with Gasteiger partial charge in [-0.15, -0.1) is 11.3 Å². The lowest BCUT2D eigenvalue weighted by Gasteiger charge is -2.15. The summed E-state index contributed by atoms with van der Waals surface area (Å²) in [5.74, 6) is -0.162. The molecule has 0 radical (unpaired) electrons. The van der Waals surface area contributed by atoms with Crippen molar-refractivity contribution in [3.8, 4) is 5.69 Å². The highest BCUT2D eigenvalue weighted by Crippen LogP contribution is 2.30. The van der Waals surface area contributed by atoms with Gasteiger partial charge in [0.15, 0.2) is 6.61 Å². The number of rotatable bonds is 6. The molecule has 4 aromatic rings. The minimum absolute atomic E-state index is 0.303. The number of aryl methyl sites for hydroxylation is 1. The maximum atomic E-state index is 12.5. The quantitative estimate of drug-likeness (QED) is 0.453. The summed E-state index contributed by atoms with van der Waals surface area (Å²) in [6.07, 6.45) is 1.55. The van der Waals surface area contributed by atoms with Crippen LogP contribution in [0.4, 0.5) is 0 Å². The van der Waals surface area contributed by atoms with Crippen molar-refractivity contribution in [1.82, 2.24) is 14.7 Å². The van der Waals surface area contributed by atoms with E-state index in [2.05, 4.69) is 5.10 Å². The summed E-state index contributed by atoms with van der Waals surface area (Å²) in [5.41, 5.74) is 1.75. The summed E-state index contributed by atoms with van der Waals surface area (Å²) in [7, 11) is 1.63. The van der Waals surface area contributed by atoms with E-state index in [1.54, 1.807) is 31.5 Å². The number of furan rings is 1. The van der Waals surface area contributed by atoms with E-state index in [-0.39, 0.29) is 12.5 Å². The molecule has 0 aliphatic rings.